The number of ketones is 5. The first-order valence-corrected chi connectivity index (χ1v) is 25.1. The predicted molar refractivity (Wildman–Crippen MR) is 262 cm³/mol. The minimum atomic E-state index is -1.06. The lowest BCUT2D eigenvalue weighted by molar-refractivity contribution is -0.144. The number of hydrogen-bond donors (Lipinski definition) is 5. The van der Waals surface area contributed by atoms with Crippen molar-refractivity contribution in [3.63, 3.8) is 0 Å². The average Bonchev–Trinajstić information content (AvgIpc) is 3.27. The van der Waals surface area contributed by atoms with E-state index in [1.54, 1.807) is 13.8 Å². The van der Waals surface area contributed by atoms with Crippen molar-refractivity contribution in [1.29, 1.82) is 0 Å². The fourth-order valence-corrected chi connectivity index (χ4v) is 7.13. The summed E-state index contributed by atoms with van der Waals surface area (Å²) in [5.41, 5.74) is 4.85. The number of carboxylic acid groups (broad SMARTS) is 2. The van der Waals surface area contributed by atoms with Crippen LogP contribution in [-0.4, -0.2) is 134 Å². The van der Waals surface area contributed by atoms with Crippen LogP contribution >= 0.6 is 0 Å². The van der Waals surface area contributed by atoms with E-state index in [1.165, 1.54) is 26.2 Å². The number of aliphatic carboxylic acids is 2. The van der Waals surface area contributed by atoms with Crippen molar-refractivity contribution >= 4 is 52.7 Å². The Kier molecular flexibility index (Phi) is 39.5. The highest BCUT2D eigenvalue weighted by atomic mass is 16.5. The van der Waals surface area contributed by atoms with Gasteiger partial charge in [0.05, 0.1) is 44.5 Å². The predicted octanol–water partition coefficient (Wildman–Crippen LogP) is 6.78. The van der Waals surface area contributed by atoms with Crippen molar-refractivity contribution in [2.45, 2.75) is 187 Å². The maximum atomic E-state index is 12.6. The number of amides is 2. The summed E-state index contributed by atoms with van der Waals surface area (Å²) < 4.78 is 21.5. The maximum Gasteiger partial charge on any atom is 0.306 e. The fraction of sp³-hybridized carbons (Fsp3) is 0.820. The summed E-state index contributed by atoms with van der Waals surface area (Å²) in [4.78, 5) is 108. The molecule has 2 amide bonds. The molecule has 0 saturated carbocycles. The molecule has 0 aromatic carbocycles. The molecule has 0 radical (unpaired) electrons. The second-order valence-electron chi connectivity index (χ2n) is 18.3. The first kappa shape index (κ1) is 64.0. The first-order valence-electron chi connectivity index (χ1n) is 25.1. The van der Waals surface area contributed by atoms with Gasteiger partial charge in [0.2, 0.25) is 11.8 Å². The van der Waals surface area contributed by atoms with Crippen LogP contribution in [0.15, 0.2) is 0 Å². The van der Waals surface area contributed by atoms with Crippen LogP contribution in [0.4, 0.5) is 0 Å². The van der Waals surface area contributed by atoms with E-state index in [1.807, 2.05) is 0 Å². The van der Waals surface area contributed by atoms with E-state index in [0.29, 0.717) is 45.3 Å². The molecule has 0 bridgehead atoms. The van der Waals surface area contributed by atoms with Crippen molar-refractivity contribution < 1.29 is 76.6 Å². The molecule has 0 heterocycles. The molecular formula is C50H93N3O15. The average molecular weight is 976 g/mol. The van der Waals surface area contributed by atoms with E-state index in [-0.39, 0.29) is 149 Å². The van der Waals surface area contributed by atoms with E-state index >= 15 is 0 Å². The number of ether oxygens (including phenoxy) is 4. The summed E-state index contributed by atoms with van der Waals surface area (Å²) >= 11 is 0. The van der Waals surface area contributed by atoms with E-state index in [4.69, 9.17) is 29.8 Å². The molecule has 0 aromatic heterocycles. The van der Waals surface area contributed by atoms with Gasteiger partial charge in [0.1, 0.15) is 36.3 Å². The maximum absolute atomic E-state index is 12.6. The zero-order valence-electron chi connectivity index (χ0n) is 41.7. The Morgan fingerprint density at radius 2 is 1.00 bits per heavy atom. The van der Waals surface area contributed by atoms with Crippen LogP contribution in [0.5, 0.6) is 0 Å². The number of carboxylic acids is 2. The number of unbranched alkanes of at least 4 members (excludes halogenated alkanes) is 12. The lowest BCUT2D eigenvalue weighted by Crippen LogP contribution is -2.43. The van der Waals surface area contributed by atoms with Crippen LogP contribution in [0.25, 0.3) is 0 Å². The Labute approximate surface area is 409 Å². The lowest BCUT2D eigenvalue weighted by Gasteiger charge is -2.21. The van der Waals surface area contributed by atoms with Crippen LogP contribution in [0.1, 0.15) is 186 Å². The number of carbonyl (C=O) groups excluding carboxylic acids is 7. The Balaban J connectivity index is -0.00000748. The highest BCUT2D eigenvalue weighted by molar-refractivity contribution is 5.93. The zero-order valence-corrected chi connectivity index (χ0v) is 41.7. The molecule has 0 rings (SSSR count). The Morgan fingerprint density at radius 3 is 1.53 bits per heavy atom. The number of Topliss-reactive ketones (excluding diaryl/α,β-unsaturated/α-hetero) is 5. The molecule has 6 N–H and O–H groups in total. The molecule has 68 heavy (non-hydrogen) atoms. The molecule has 0 fully saturated rings. The second-order valence-corrected chi connectivity index (χ2v) is 18.3. The summed E-state index contributed by atoms with van der Waals surface area (Å²) in [6.07, 6.45) is 15.9. The van der Waals surface area contributed by atoms with Gasteiger partial charge in [-0.15, -0.1) is 0 Å². The van der Waals surface area contributed by atoms with Crippen LogP contribution in [-0.2, 0) is 62.1 Å². The number of hydrogen-bond acceptors (Lipinski definition) is 14. The fourth-order valence-electron chi connectivity index (χ4n) is 7.13. The van der Waals surface area contributed by atoms with Gasteiger partial charge in [0, 0.05) is 81.3 Å². The third-order valence-corrected chi connectivity index (χ3v) is 11.3. The second kappa shape index (κ2) is 42.0. The monoisotopic (exact) mass is 976 g/mol. The summed E-state index contributed by atoms with van der Waals surface area (Å²) in [5, 5.41) is 23.7. The number of carbonyl (C=O) groups is 9. The molecule has 0 aliphatic rings. The van der Waals surface area contributed by atoms with Crippen molar-refractivity contribution in [1.82, 2.24) is 10.6 Å². The van der Waals surface area contributed by atoms with Gasteiger partial charge in [-0.1, -0.05) is 70.6 Å². The molecule has 18 nitrogen and oxygen atoms in total. The molecule has 0 unspecified atom stereocenters. The van der Waals surface area contributed by atoms with Gasteiger partial charge >= 0.3 is 11.9 Å². The smallest absolute Gasteiger partial charge is 0.306 e. The molecule has 2 atom stereocenters. The van der Waals surface area contributed by atoms with Gasteiger partial charge in [-0.3, -0.25) is 38.4 Å². The van der Waals surface area contributed by atoms with Gasteiger partial charge < -0.3 is 50.3 Å². The highest BCUT2D eigenvalue weighted by Crippen LogP contribution is 2.21. The number of nitrogens with one attached hydrogen (secondary N) is 2. The highest BCUT2D eigenvalue weighted by Gasteiger charge is 2.28. The zero-order chi connectivity index (χ0) is 50.8. The van der Waals surface area contributed by atoms with Gasteiger partial charge in [0.15, 0.2) is 5.78 Å². The van der Waals surface area contributed by atoms with Crippen LogP contribution in [0.3, 0.4) is 0 Å². The minimum Gasteiger partial charge on any atom is -0.481 e. The Bertz CT molecular complexity index is 1480. The van der Waals surface area contributed by atoms with Crippen LogP contribution in [0.2, 0.25) is 0 Å². The van der Waals surface area contributed by atoms with Gasteiger partial charge in [-0.25, -0.2) is 0 Å². The molecule has 0 saturated heterocycles. The third kappa shape index (κ3) is 41.0. The number of nitrogens with two attached hydrogens (primary N) is 1. The Morgan fingerprint density at radius 1 is 0.500 bits per heavy atom. The number of rotatable bonds is 50. The molecule has 398 valence electrons. The summed E-state index contributed by atoms with van der Waals surface area (Å²) in [6.45, 7) is 6.27. The summed E-state index contributed by atoms with van der Waals surface area (Å²) in [5.74, 6) is -4.38. The minimum absolute atomic E-state index is 0. The summed E-state index contributed by atoms with van der Waals surface area (Å²) in [6, 6.07) is 0. The SMILES string of the molecule is CC(=O)CCC(=O)[C@H](CCCCNC(=O)COCCOCCNC(=O)COCCOCCCC(=O)CC[C@H](CC(=O)CCCCCCCCCCCCCCC(=O)O)C(=O)O)CC(=O)C(C)(C)N.[HH].[HH].[HH]. The topological polar surface area (TPSA) is 281 Å². The van der Waals surface area contributed by atoms with Crippen LogP contribution < -0.4 is 16.4 Å². The summed E-state index contributed by atoms with van der Waals surface area (Å²) in [7, 11) is 0. The van der Waals surface area contributed by atoms with E-state index < -0.39 is 29.3 Å². The molecular weight excluding hydrogens is 883 g/mol. The molecule has 18 heteroatoms. The standard InChI is InChI=1S/C50H87N3O15.3H2/c1-39(54)23-26-44(57)40(36-45(58)50(2,3)51)19-16-17-27-52-46(59)37-68-34-32-66-30-28-53-47(60)38-67-33-31-65-29-18-21-42(55)25-24-41(49(63)64)35-43(56)20-14-12-10-8-6-4-5-7-9-11-13-15-22-48(61)62;;;/h40-41H,4-38,51H2,1-3H3,(H,52,59)(H,53,60)(H,61,62)(H,63,64);3*1H/t40-,41-;;;/m1.../s1. The van der Waals surface area contributed by atoms with Gasteiger partial charge in [-0.2, -0.15) is 0 Å². The van der Waals surface area contributed by atoms with E-state index in [0.717, 1.165) is 57.8 Å². The van der Waals surface area contributed by atoms with E-state index in [2.05, 4.69) is 10.6 Å². The molecule has 0 aliphatic heterocycles. The Hall–Kier alpha value is -3.97. The molecule has 0 aromatic rings. The molecule has 0 spiro atoms. The lowest BCUT2D eigenvalue weighted by atomic mass is 9.85. The van der Waals surface area contributed by atoms with Gasteiger partial charge in [-0.05, 0) is 59.3 Å². The molecule has 0 aliphatic carbocycles. The van der Waals surface area contributed by atoms with Crippen molar-refractivity contribution in [2.24, 2.45) is 17.6 Å². The van der Waals surface area contributed by atoms with Gasteiger partial charge in [0.25, 0.3) is 0 Å². The largest absolute Gasteiger partial charge is 0.481 e. The van der Waals surface area contributed by atoms with Crippen LogP contribution in [0, 0.1) is 11.8 Å². The quantitative estimate of drug-likeness (QED) is 0.0393. The van der Waals surface area contributed by atoms with Crippen molar-refractivity contribution in [3.05, 3.63) is 0 Å². The van der Waals surface area contributed by atoms with Crippen molar-refractivity contribution in [3.8, 4) is 0 Å². The first-order chi connectivity index (χ1) is 32.4. The van der Waals surface area contributed by atoms with Crippen molar-refractivity contribution in [2.75, 3.05) is 65.9 Å². The third-order valence-electron chi connectivity index (χ3n) is 11.3. The van der Waals surface area contributed by atoms with E-state index in [9.17, 15) is 48.3 Å². The normalized spacial score (nSPS) is 12.3.